The molecule has 6 N–H and O–H groups in total. The summed E-state index contributed by atoms with van der Waals surface area (Å²) < 4.78 is 24.7. The molecule has 4 aromatic rings. The summed E-state index contributed by atoms with van der Waals surface area (Å²) in [6.45, 7) is 6.56. The Morgan fingerprint density at radius 2 is 1.87 bits per heavy atom. The number of nitrogens with one attached hydrogen (secondary N) is 2. The van der Waals surface area contributed by atoms with Gasteiger partial charge in [-0.15, -0.1) is 11.8 Å². The molecule has 278 valence electrons. The Hall–Kier alpha value is -3.98. The fraction of sp³-hybridized carbons (Fsp3) is 0.475. The van der Waals surface area contributed by atoms with E-state index in [4.69, 9.17) is 24.7 Å². The topological polar surface area (TPSA) is 155 Å². The van der Waals surface area contributed by atoms with Crippen LogP contribution in [0, 0.1) is 20.8 Å². The Morgan fingerprint density at radius 1 is 1.08 bits per heavy atom. The molecule has 2 fully saturated rings. The second-order valence-electron chi connectivity index (χ2n) is 15.6. The number of phenols is 1. The van der Waals surface area contributed by atoms with Crippen LogP contribution in [0.5, 0.6) is 23.0 Å². The maximum Gasteiger partial charge on any atom is 0.333 e. The third kappa shape index (κ3) is 4.34. The van der Waals surface area contributed by atoms with Gasteiger partial charge in [0, 0.05) is 51.7 Å². The van der Waals surface area contributed by atoms with E-state index < -0.39 is 17.8 Å². The van der Waals surface area contributed by atoms with Crippen molar-refractivity contribution in [2.75, 3.05) is 39.9 Å². The van der Waals surface area contributed by atoms with Gasteiger partial charge in [0.05, 0.1) is 30.9 Å². The fourth-order valence-electron chi connectivity index (χ4n) is 10.7. The summed E-state index contributed by atoms with van der Waals surface area (Å²) in [4.78, 5) is 22.9. The zero-order chi connectivity index (χ0) is 36.7. The lowest BCUT2D eigenvalue weighted by atomic mass is 9.72. The lowest BCUT2D eigenvalue weighted by Gasteiger charge is -2.62. The average Bonchev–Trinajstić information content (AvgIpc) is 3.80. The van der Waals surface area contributed by atoms with Gasteiger partial charge in [-0.3, -0.25) is 15.1 Å². The van der Waals surface area contributed by atoms with E-state index in [0.717, 1.165) is 61.1 Å². The highest BCUT2D eigenvalue weighted by Crippen LogP contribution is 2.63. The van der Waals surface area contributed by atoms with E-state index in [1.807, 2.05) is 32.2 Å². The molecule has 53 heavy (non-hydrogen) atoms. The molecule has 12 nitrogen and oxygen atoms in total. The van der Waals surface area contributed by atoms with E-state index in [-0.39, 0.29) is 54.5 Å². The van der Waals surface area contributed by atoms with Crippen molar-refractivity contribution in [1.82, 2.24) is 20.1 Å². The van der Waals surface area contributed by atoms with E-state index >= 15 is 0 Å². The molecule has 7 aliphatic heterocycles. The Kier molecular flexibility index (Phi) is 7.45. The van der Waals surface area contributed by atoms with Gasteiger partial charge in [0.15, 0.2) is 28.5 Å². The van der Waals surface area contributed by atoms with Gasteiger partial charge in [-0.25, -0.2) is 4.79 Å². The van der Waals surface area contributed by atoms with E-state index in [9.17, 15) is 15.0 Å². The Bertz CT molecular complexity index is 2230. The number of aliphatic hydroxyl groups is 1. The van der Waals surface area contributed by atoms with E-state index in [1.54, 1.807) is 18.9 Å². The lowest BCUT2D eigenvalue weighted by molar-refractivity contribution is -0.186. The molecule has 1 aromatic heterocycles. The summed E-state index contributed by atoms with van der Waals surface area (Å²) in [5.41, 5.74) is 14.8. The first-order valence-corrected chi connectivity index (χ1v) is 19.5. The number of H-pyrrole nitrogens is 1. The number of esters is 1. The quantitative estimate of drug-likeness (QED) is 0.190. The van der Waals surface area contributed by atoms with Crippen LogP contribution in [0.3, 0.4) is 0 Å². The number of para-hydroxylation sites is 1. The molecule has 8 heterocycles. The number of phenolic OH excluding ortho intramolecular Hbond substituents is 1. The molecule has 4 bridgehead atoms. The number of piperazine rings is 1. The predicted octanol–water partition coefficient (Wildman–Crippen LogP) is 3.89. The smallest absolute Gasteiger partial charge is 0.333 e. The van der Waals surface area contributed by atoms with E-state index in [2.05, 4.69) is 46.1 Å². The molecule has 11 rings (SSSR count). The van der Waals surface area contributed by atoms with Gasteiger partial charge in [0.1, 0.15) is 12.8 Å². The highest BCUT2D eigenvalue weighted by atomic mass is 32.2. The number of carbonyl (C=O) groups excluding carboxylic acids is 1. The van der Waals surface area contributed by atoms with Gasteiger partial charge in [-0.2, -0.15) is 0 Å². The summed E-state index contributed by atoms with van der Waals surface area (Å²) in [5, 5.41) is 29.1. The summed E-state index contributed by atoms with van der Waals surface area (Å²) in [6, 6.07) is 8.57. The number of rotatable bonds is 2. The molecule has 7 aliphatic rings. The third-order valence-corrected chi connectivity index (χ3v) is 14.6. The van der Waals surface area contributed by atoms with Gasteiger partial charge in [0.2, 0.25) is 6.79 Å². The van der Waals surface area contributed by atoms with Crippen molar-refractivity contribution in [3.05, 3.63) is 80.5 Å². The van der Waals surface area contributed by atoms with Crippen molar-refractivity contribution < 1.29 is 34.0 Å². The largest absolute Gasteiger partial charge is 0.504 e. The van der Waals surface area contributed by atoms with Crippen LogP contribution < -0.4 is 25.3 Å². The molecule has 0 aliphatic carbocycles. The number of thioether (sulfide) groups is 1. The van der Waals surface area contributed by atoms with Gasteiger partial charge >= 0.3 is 5.97 Å². The molecule has 0 saturated carbocycles. The highest BCUT2D eigenvalue weighted by molar-refractivity contribution is 7.99. The number of aromatic hydroxyl groups is 1. The van der Waals surface area contributed by atoms with Gasteiger partial charge in [-0.05, 0) is 80.1 Å². The van der Waals surface area contributed by atoms with Crippen LogP contribution in [0.1, 0.15) is 67.5 Å². The van der Waals surface area contributed by atoms with Crippen molar-refractivity contribution in [1.29, 1.82) is 0 Å². The fourth-order valence-corrected chi connectivity index (χ4v) is 12.4. The number of ether oxygens (including phenoxy) is 4. The van der Waals surface area contributed by atoms with Gasteiger partial charge in [-0.1, -0.05) is 24.3 Å². The van der Waals surface area contributed by atoms with E-state index in [1.165, 1.54) is 0 Å². The van der Waals surface area contributed by atoms with Crippen molar-refractivity contribution in [2.45, 2.75) is 80.8 Å². The molecule has 2 saturated heterocycles. The minimum absolute atomic E-state index is 0.0272. The number of aromatic nitrogens is 1. The first-order chi connectivity index (χ1) is 25.6. The molecule has 0 amide bonds. The molecular weight excluding hydrogens is 695 g/mol. The van der Waals surface area contributed by atoms with Crippen molar-refractivity contribution in [3.8, 4) is 23.0 Å². The molecular formula is C40H45N5O7S. The standard InChI is InChI=1S/C40H45N5O7S/c1-17-10-20-11-25-38(47)45-26-14-50-39(48)40(37-23(12-21(13-41)43-40)22-8-6-7-9-24(22)42-37)15-53-36(27-18(2)19(3)34-35(29(26)27)52-16-51-34)31(45)30(44(25)4)28(20)32(46)33(17)49-5/h6-10,21,25-26,30-31,36,38,42-43,46-47H,11-16,41H2,1-5H3/t21-,25+,26+,30-,31-,36-,38+,40-/m1/s1. The van der Waals surface area contributed by atoms with Crippen LogP contribution in [0.4, 0.5) is 0 Å². The highest BCUT2D eigenvalue weighted by Gasteiger charge is 2.61. The Morgan fingerprint density at radius 3 is 2.66 bits per heavy atom. The second-order valence-corrected chi connectivity index (χ2v) is 16.7. The van der Waals surface area contributed by atoms with Crippen LogP contribution in [-0.2, 0) is 27.9 Å². The second kappa shape index (κ2) is 11.8. The SMILES string of the molecule is COc1c(C)cc2c(c1O)[C@@H]1[C@@H]3[C@@H]4SC[C@]5(N[C@@H](CN)Cc6c5[nH]c5ccccc65)C(=O)OC[C@@H](c5c6c(c(C)c(C)c54)OCO6)N3[C@@H](O)[C@H](C2)N1C. The van der Waals surface area contributed by atoms with Gasteiger partial charge in [0.25, 0.3) is 0 Å². The normalized spacial score (nSPS) is 31.5. The molecule has 0 radical (unpaired) electrons. The van der Waals surface area contributed by atoms with Crippen molar-refractivity contribution in [2.24, 2.45) is 5.73 Å². The number of nitrogens with two attached hydrogens (primary N) is 1. The van der Waals surface area contributed by atoms with Crippen LogP contribution in [0.15, 0.2) is 30.3 Å². The maximum atomic E-state index is 14.9. The predicted molar refractivity (Wildman–Crippen MR) is 200 cm³/mol. The molecule has 0 unspecified atom stereocenters. The first kappa shape index (κ1) is 33.6. The summed E-state index contributed by atoms with van der Waals surface area (Å²) >= 11 is 1.68. The van der Waals surface area contributed by atoms with Crippen LogP contribution in [0.2, 0.25) is 0 Å². The summed E-state index contributed by atoms with van der Waals surface area (Å²) in [7, 11) is 3.64. The lowest BCUT2D eigenvalue weighted by Crippen LogP contribution is -2.70. The number of carbonyl (C=O) groups is 1. The summed E-state index contributed by atoms with van der Waals surface area (Å²) in [6.07, 6.45) is 0.297. The number of likely N-dealkylation sites (N-methyl/N-ethyl adjacent to an activating group) is 1. The Labute approximate surface area is 311 Å². The molecule has 1 spiro atoms. The van der Waals surface area contributed by atoms with Crippen molar-refractivity contribution >= 4 is 28.6 Å². The van der Waals surface area contributed by atoms with E-state index in [0.29, 0.717) is 42.4 Å². The number of aryl methyl sites for hydroxylation is 1. The number of hydrogen-bond donors (Lipinski definition) is 5. The number of hydrogen-bond acceptors (Lipinski definition) is 12. The number of nitrogens with zero attached hydrogens (tertiary/aromatic N) is 2. The monoisotopic (exact) mass is 739 g/mol. The number of benzene rings is 3. The number of fused-ring (bicyclic) bond motifs is 11. The maximum absolute atomic E-state index is 14.9. The zero-order valence-electron chi connectivity index (χ0n) is 30.5. The molecule has 8 atom stereocenters. The van der Waals surface area contributed by atoms with Gasteiger partial charge < -0.3 is 39.9 Å². The van der Waals surface area contributed by atoms with Crippen LogP contribution >= 0.6 is 11.8 Å². The number of methoxy groups -OCH3 is 1. The minimum atomic E-state index is -1.22. The Balaban J connectivity index is 1.22. The first-order valence-electron chi connectivity index (χ1n) is 18.5. The summed E-state index contributed by atoms with van der Waals surface area (Å²) in [5.74, 6) is 1.88. The number of aromatic amines is 1. The zero-order valence-corrected chi connectivity index (χ0v) is 31.3. The molecule has 3 aromatic carbocycles. The van der Waals surface area contributed by atoms with Crippen molar-refractivity contribution in [3.63, 3.8) is 0 Å². The number of aliphatic hydroxyl groups excluding tert-OH is 1. The van der Waals surface area contributed by atoms with Crippen LogP contribution in [0.25, 0.3) is 10.9 Å². The average molecular weight is 740 g/mol. The molecule has 13 heteroatoms. The minimum Gasteiger partial charge on any atom is -0.504 e. The van der Waals surface area contributed by atoms with Crippen LogP contribution in [-0.4, -0.2) is 95.2 Å². The third-order valence-electron chi connectivity index (χ3n) is 13.1.